The molecule has 0 aromatic heterocycles. The number of ether oxygens (including phenoxy) is 1. The van der Waals surface area contributed by atoms with Crippen LogP contribution in [0.5, 0.6) is 5.75 Å². The zero-order chi connectivity index (χ0) is 18.8. The number of phenols is 1. The Morgan fingerprint density at radius 3 is 2.08 bits per heavy atom. The predicted octanol–water partition coefficient (Wildman–Crippen LogP) is 6.09. The van der Waals surface area contributed by atoms with Gasteiger partial charge in [0.05, 0.1) is 5.56 Å². The molecule has 3 nitrogen and oxygen atoms in total. The van der Waals surface area contributed by atoms with E-state index in [0.29, 0.717) is 17.1 Å². The molecule has 2 unspecified atom stereocenters. The predicted molar refractivity (Wildman–Crippen MR) is 105 cm³/mol. The maximum absolute atomic E-state index is 12.1. The van der Waals surface area contributed by atoms with Gasteiger partial charge < -0.3 is 9.84 Å². The molecule has 0 saturated heterocycles. The maximum atomic E-state index is 12.1. The lowest BCUT2D eigenvalue weighted by Gasteiger charge is -2.19. The number of aromatic hydroxyl groups is 1. The fraction of sp³-hybridized carbons (Fsp3) is 0.348. The lowest BCUT2D eigenvalue weighted by Crippen LogP contribution is -2.00. The molecule has 136 valence electrons. The van der Waals surface area contributed by atoms with Crippen molar-refractivity contribution in [3.63, 3.8) is 0 Å². The SMILES string of the molecule is CCC(C)c1cc(/C=C2/OC(=O)c3ccccc32)cc(C(C)CC)c1O. The highest BCUT2D eigenvalue weighted by atomic mass is 16.5. The molecule has 0 amide bonds. The standard InChI is InChI=1S/C23H26O3/c1-5-14(3)19-11-16(12-20(22(19)24)15(4)6-2)13-21-17-9-7-8-10-18(17)23(25)26-21/h7-15,24H,5-6H2,1-4H3/b21-13+. The van der Waals surface area contributed by atoms with Gasteiger partial charge >= 0.3 is 5.97 Å². The molecule has 0 aliphatic carbocycles. The molecular weight excluding hydrogens is 324 g/mol. The molecule has 0 bridgehead atoms. The minimum Gasteiger partial charge on any atom is -0.507 e. The van der Waals surface area contributed by atoms with E-state index in [1.807, 2.05) is 36.4 Å². The first-order chi connectivity index (χ1) is 12.5. The third kappa shape index (κ3) is 3.26. The summed E-state index contributed by atoms with van der Waals surface area (Å²) in [5, 5.41) is 10.8. The first-order valence-corrected chi connectivity index (χ1v) is 9.36. The summed E-state index contributed by atoms with van der Waals surface area (Å²) in [6.07, 6.45) is 3.80. The second-order valence-electron chi connectivity index (χ2n) is 7.11. The zero-order valence-electron chi connectivity index (χ0n) is 15.9. The Morgan fingerprint density at radius 2 is 1.54 bits per heavy atom. The van der Waals surface area contributed by atoms with Crippen molar-refractivity contribution in [2.75, 3.05) is 0 Å². The summed E-state index contributed by atoms with van der Waals surface area (Å²) in [7, 11) is 0. The molecule has 0 radical (unpaired) electrons. The van der Waals surface area contributed by atoms with Gasteiger partial charge in [-0.1, -0.05) is 45.9 Å². The number of cyclic esters (lactones) is 1. The van der Waals surface area contributed by atoms with Crippen LogP contribution in [0.1, 0.15) is 85.0 Å². The molecule has 2 aromatic rings. The van der Waals surface area contributed by atoms with Gasteiger partial charge in [-0.25, -0.2) is 4.79 Å². The highest BCUT2D eigenvalue weighted by Crippen LogP contribution is 2.39. The van der Waals surface area contributed by atoms with Crippen molar-refractivity contribution in [3.05, 3.63) is 64.2 Å². The Kier molecular flexibility index (Phi) is 5.17. The summed E-state index contributed by atoms with van der Waals surface area (Å²) in [4.78, 5) is 12.1. The van der Waals surface area contributed by atoms with Crippen molar-refractivity contribution in [3.8, 4) is 5.75 Å². The van der Waals surface area contributed by atoms with Crippen LogP contribution >= 0.6 is 0 Å². The van der Waals surface area contributed by atoms with E-state index >= 15 is 0 Å². The zero-order valence-corrected chi connectivity index (χ0v) is 15.9. The molecule has 1 aliphatic rings. The van der Waals surface area contributed by atoms with Crippen LogP contribution in [0.25, 0.3) is 11.8 Å². The van der Waals surface area contributed by atoms with E-state index in [1.54, 1.807) is 6.07 Å². The van der Waals surface area contributed by atoms with E-state index in [-0.39, 0.29) is 17.8 Å². The fourth-order valence-electron chi connectivity index (χ4n) is 3.32. The van der Waals surface area contributed by atoms with Crippen LogP contribution < -0.4 is 0 Å². The van der Waals surface area contributed by atoms with Gasteiger partial charge in [-0.05, 0) is 65.6 Å². The third-order valence-corrected chi connectivity index (χ3v) is 5.39. The van der Waals surface area contributed by atoms with E-state index in [9.17, 15) is 9.90 Å². The second-order valence-corrected chi connectivity index (χ2v) is 7.11. The highest BCUT2D eigenvalue weighted by Gasteiger charge is 2.26. The van der Waals surface area contributed by atoms with Crippen LogP contribution in [0.4, 0.5) is 0 Å². The molecule has 0 saturated carbocycles. The lowest BCUT2D eigenvalue weighted by atomic mass is 9.88. The van der Waals surface area contributed by atoms with Crippen molar-refractivity contribution >= 4 is 17.8 Å². The average Bonchev–Trinajstić information content (AvgIpc) is 2.97. The number of rotatable bonds is 5. The summed E-state index contributed by atoms with van der Waals surface area (Å²) >= 11 is 0. The van der Waals surface area contributed by atoms with Crippen molar-refractivity contribution in [1.29, 1.82) is 0 Å². The summed E-state index contributed by atoms with van der Waals surface area (Å²) in [5.74, 6) is 1.18. The quantitative estimate of drug-likeness (QED) is 0.664. The van der Waals surface area contributed by atoms with Crippen LogP contribution in [0.15, 0.2) is 36.4 Å². The Balaban J connectivity index is 2.12. The molecule has 2 atom stereocenters. The van der Waals surface area contributed by atoms with Crippen molar-refractivity contribution in [2.45, 2.75) is 52.4 Å². The smallest absolute Gasteiger partial charge is 0.344 e. The third-order valence-electron chi connectivity index (χ3n) is 5.39. The van der Waals surface area contributed by atoms with Gasteiger partial charge in [-0.15, -0.1) is 0 Å². The van der Waals surface area contributed by atoms with Crippen LogP contribution in [0.3, 0.4) is 0 Å². The lowest BCUT2D eigenvalue weighted by molar-refractivity contribution is 0.0717. The summed E-state index contributed by atoms with van der Waals surface area (Å²) < 4.78 is 5.48. The first kappa shape index (κ1) is 18.2. The van der Waals surface area contributed by atoms with Gasteiger partial charge in [-0.2, -0.15) is 0 Å². The Labute approximate surface area is 155 Å². The number of fused-ring (bicyclic) bond motifs is 1. The summed E-state index contributed by atoms with van der Waals surface area (Å²) in [5.41, 5.74) is 4.28. The molecular formula is C23H26O3. The van der Waals surface area contributed by atoms with Gasteiger partial charge in [0.1, 0.15) is 11.5 Å². The molecule has 1 aliphatic heterocycles. The Hall–Kier alpha value is -2.55. The maximum Gasteiger partial charge on any atom is 0.344 e. The largest absolute Gasteiger partial charge is 0.507 e. The average molecular weight is 350 g/mol. The number of esters is 1. The van der Waals surface area contributed by atoms with Crippen LogP contribution in [0.2, 0.25) is 0 Å². The fourth-order valence-corrected chi connectivity index (χ4v) is 3.32. The van der Waals surface area contributed by atoms with Crippen LogP contribution in [0, 0.1) is 0 Å². The highest BCUT2D eigenvalue weighted by molar-refractivity contribution is 6.05. The Morgan fingerprint density at radius 1 is 1.00 bits per heavy atom. The molecule has 3 rings (SSSR count). The van der Waals surface area contributed by atoms with Crippen molar-refractivity contribution in [2.24, 2.45) is 0 Å². The number of benzene rings is 2. The van der Waals surface area contributed by atoms with Crippen molar-refractivity contribution < 1.29 is 14.6 Å². The first-order valence-electron chi connectivity index (χ1n) is 9.36. The van der Waals surface area contributed by atoms with Crippen molar-refractivity contribution in [1.82, 2.24) is 0 Å². The molecule has 2 aromatic carbocycles. The second kappa shape index (κ2) is 7.36. The van der Waals surface area contributed by atoms with Gasteiger partial charge in [-0.3, -0.25) is 0 Å². The Bertz CT molecular complexity index is 833. The van der Waals surface area contributed by atoms with Gasteiger partial charge in [0.25, 0.3) is 0 Å². The van der Waals surface area contributed by atoms with E-state index in [4.69, 9.17) is 4.74 Å². The number of phenolic OH excluding ortho intramolecular Hbond substituents is 1. The number of carbonyl (C=O) groups is 1. The number of hydrogen-bond donors (Lipinski definition) is 1. The van der Waals surface area contributed by atoms with E-state index < -0.39 is 0 Å². The summed E-state index contributed by atoms with van der Waals surface area (Å²) in [6, 6.07) is 11.4. The van der Waals surface area contributed by atoms with Crippen LogP contribution in [-0.4, -0.2) is 11.1 Å². The number of carbonyl (C=O) groups excluding carboxylic acids is 1. The molecule has 1 N–H and O–H groups in total. The molecule has 1 heterocycles. The molecule has 3 heteroatoms. The molecule has 0 fully saturated rings. The van der Waals surface area contributed by atoms with Crippen LogP contribution in [-0.2, 0) is 4.74 Å². The minimum absolute atomic E-state index is 0.259. The topological polar surface area (TPSA) is 46.5 Å². The number of hydrogen-bond acceptors (Lipinski definition) is 3. The van der Waals surface area contributed by atoms with E-state index in [0.717, 1.165) is 35.1 Å². The van der Waals surface area contributed by atoms with Gasteiger partial charge in [0.15, 0.2) is 0 Å². The molecule has 26 heavy (non-hydrogen) atoms. The normalized spacial score (nSPS) is 17.1. The minimum atomic E-state index is -0.310. The summed E-state index contributed by atoms with van der Waals surface area (Å²) in [6.45, 7) is 8.48. The van der Waals surface area contributed by atoms with Gasteiger partial charge in [0.2, 0.25) is 0 Å². The van der Waals surface area contributed by atoms with E-state index in [1.165, 1.54) is 0 Å². The van der Waals surface area contributed by atoms with Gasteiger partial charge in [0, 0.05) is 5.56 Å². The molecule has 0 spiro atoms. The van der Waals surface area contributed by atoms with E-state index in [2.05, 4.69) is 27.7 Å². The monoisotopic (exact) mass is 350 g/mol.